The Morgan fingerprint density at radius 2 is 2.10 bits per heavy atom. The van der Waals surface area contributed by atoms with Crippen LogP contribution < -0.4 is 10.1 Å². The van der Waals surface area contributed by atoms with E-state index in [0.717, 1.165) is 5.69 Å². The van der Waals surface area contributed by atoms with Gasteiger partial charge in [0.15, 0.2) is 5.75 Å². The van der Waals surface area contributed by atoms with Crippen molar-refractivity contribution in [1.82, 2.24) is 15.0 Å². The molecule has 1 amide bonds. The molecular weight excluding hydrogens is 371 g/mol. The minimum absolute atomic E-state index is 0.103. The van der Waals surface area contributed by atoms with Crippen LogP contribution in [0.15, 0.2) is 54.9 Å². The summed E-state index contributed by atoms with van der Waals surface area (Å²) in [4.78, 5) is 25.8. The first-order valence-electron chi connectivity index (χ1n) is 9.40. The molecule has 0 bridgehead atoms. The van der Waals surface area contributed by atoms with Crippen LogP contribution in [0.1, 0.15) is 23.5 Å². The van der Waals surface area contributed by atoms with Crippen molar-refractivity contribution in [3.8, 4) is 5.75 Å². The smallest absolute Gasteiger partial charge is 0.236 e. The summed E-state index contributed by atoms with van der Waals surface area (Å²) in [6, 6.07) is 11.5. The van der Waals surface area contributed by atoms with E-state index in [-0.39, 0.29) is 17.6 Å². The summed E-state index contributed by atoms with van der Waals surface area (Å²) in [5.41, 5.74) is 0.517. The molecule has 4 rings (SSSR count). The van der Waals surface area contributed by atoms with E-state index in [0.29, 0.717) is 36.0 Å². The molecule has 0 spiro atoms. The molecule has 148 valence electrons. The van der Waals surface area contributed by atoms with Gasteiger partial charge >= 0.3 is 0 Å². The van der Waals surface area contributed by atoms with E-state index in [1.54, 1.807) is 42.7 Å². The minimum Gasteiger partial charge on any atom is -0.490 e. The highest BCUT2D eigenvalue weighted by atomic mass is 19.1. The number of hydrogen-bond acceptors (Lipinski definition) is 5. The average Bonchev–Trinajstić information content (AvgIpc) is 3.44. The maximum atomic E-state index is 13.9. The second-order valence-corrected chi connectivity index (χ2v) is 7.23. The number of halogens is 1. The Labute approximate surface area is 168 Å². The Kier molecular flexibility index (Phi) is 4.96. The summed E-state index contributed by atoms with van der Waals surface area (Å²) in [5, 5.41) is 2.86. The van der Waals surface area contributed by atoms with Crippen molar-refractivity contribution in [2.75, 3.05) is 11.9 Å². The Hall–Kier alpha value is -3.35. The van der Waals surface area contributed by atoms with Crippen LogP contribution in [0.25, 0.3) is 0 Å². The molecule has 1 N–H and O–H groups in total. The normalized spacial score (nSPS) is 20.2. The zero-order chi connectivity index (χ0) is 20.4. The molecule has 2 heterocycles. The number of carbonyl (C=O) groups excluding carboxylic acids is 1. The van der Waals surface area contributed by atoms with E-state index >= 15 is 0 Å². The Morgan fingerprint density at radius 1 is 1.24 bits per heavy atom. The number of benzene rings is 1. The molecule has 0 saturated heterocycles. The number of aromatic nitrogens is 3. The average molecular weight is 392 g/mol. The number of carbonyl (C=O) groups is 1. The van der Waals surface area contributed by atoms with Crippen LogP contribution >= 0.6 is 0 Å². The van der Waals surface area contributed by atoms with E-state index in [4.69, 9.17) is 4.74 Å². The third kappa shape index (κ3) is 3.81. The number of nitrogens with one attached hydrogen (secondary N) is 1. The zero-order valence-electron chi connectivity index (χ0n) is 16.2. The molecule has 1 fully saturated rings. The number of pyridine rings is 1. The summed E-state index contributed by atoms with van der Waals surface area (Å²) in [5.74, 6) is 1.02. The molecule has 7 heteroatoms. The summed E-state index contributed by atoms with van der Waals surface area (Å²) in [6.07, 6.45) is 3.80. The fourth-order valence-corrected chi connectivity index (χ4v) is 3.63. The van der Waals surface area contributed by atoms with E-state index in [2.05, 4.69) is 20.3 Å². The van der Waals surface area contributed by atoms with E-state index in [1.165, 1.54) is 12.1 Å². The molecule has 0 radical (unpaired) electrons. The van der Waals surface area contributed by atoms with Gasteiger partial charge in [0.05, 0.1) is 23.9 Å². The molecule has 1 aliphatic carbocycles. The van der Waals surface area contributed by atoms with Crippen LogP contribution in [0.2, 0.25) is 0 Å². The Bertz CT molecular complexity index is 1040. The summed E-state index contributed by atoms with van der Waals surface area (Å²) < 4.78 is 19.8. The number of amides is 1. The lowest BCUT2D eigenvalue weighted by Gasteiger charge is -2.18. The summed E-state index contributed by atoms with van der Waals surface area (Å²) in [7, 11) is 0. The highest BCUT2D eigenvalue weighted by molar-refractivity contribution is 6.01. The van der Waals surface area contributed by atoms with Crippen LogP contribution in [0.3, 0.4) is 0 Å². The highest BCUT2D eigenvalue weighted by Gasteiger charge is 2.61. The lowest BCUT2D eigenvalue weighted by molar-refractivity contribution is -0.119. The number of hydrogen-bond donors (Lipinski definition) is 1. The van der Waals surface area contributed by atoms with Gasteiger partial charge in [-0.2, -0.15) is 0 Å². The van der Waals surface area contributed by atoms with Crippen LogP contribution in [0.4, 0.5) is 10.2 Å². The van der Waals surface area contributed by atoms with Gasteiger partial charge in [0.2, 0.25) is 5.91 Å². The standard InChI is InChI=1S/C22H21FN4O2/c1-14-19(12-25-15(2)26-14)29-13-17-11-22(17,16-6-5-7-18(23)10-16)21(28)27-20-8-3-4-9-24-20/h3-10,12,17H,11,13H2,1-2H3,(H,24,27,28)/t17-,22+/m0/s1. The molecule has 29 heavy (non-hydrogen) atoms. The van der Waals surface area contributed by atoms with Gasteiger partial charge < -0.3 is 10.1 Å². The Morgan fingerprint density at radius 3 is 2.83 bits per heavy atom. The quantitative estimate of drug-likeness (QED) is 0.694. The second kappa shape index (κ2) is 7.58. The van der Waals surface area contributed by atoms with Gasteiger partial charge in [0, 0.05) is 12.1 Å². The molecule has 1 aromatic carbocycles. The van der Waals surface area contributed by atoms with Gasteiger partial charge in [-0.05, 0) is 50.1 Å². The minimum atomic E-state index is -0.862. The van der Waals surface area contributed by atoms with Gasteiger partial charge in [-0.15, -0.1) is 0 Å². The van der Waals surface area contributed by atoms with Crippen molar-refractivity contribution in [3.05, 3.63) is 77.8 Å². The van der Waals surface area contributed by atoms with Crippen molar-refractivity contribution in [2.24, 2.45) is 5.92 Å². The molecule has 0 unspecified atom stereocenters. The number of rotatable bonds is 6. The monoisotopic (exact) mass is 392 g/mol. The van der Waals surface area contributed by atoms with Crippen molar-refractivity contribution < 1.29 is 13.9 Å². The summed E-state index contributed by atoms with van der Waals surface area (Å²) >= 11 is 0. The fraction of sp³-hybridized carbons (Fsp3) is 0.273. The maximum absolute atomic E-state index is 13.9. The molecule has 1 aliphatic rings. The van der Waals surface area contributed by atoms with Gasteiger partial charge in [0.25, 0.3) is 0 Å². The maximum Gasteiger partial charge on any atom is 0.236 e. The van der Waals surface area contributed by atoms with Crippen molar-refractivity contribution in [2.45, 2.75) is 25.7 Å². The highest BCUT2D eigenvalue weighted by Crippen LogP contribution is 2.55. The van der Waals surface area contributed by atoms with Crippen molar-refractivity contribution in [1.29, 1.82) is 0 Å². The van der Waals surface area contributed by atoms with Gasteiger partial charge in [-0.3, -0.25) is 4.79 Å². The molecule has 0 aliphatic heterocycles. The largest absolute Gasteiger partial charge is 0.490 e. The van der Waals surface area contributed by atoms with Gasteiger partial charge in [-0.25, -0.2) is 19.3 Å². The molecule has 2 atom stereocenters. The third-order valence-corrected chi connectivity index (χ3v) is 5.25. The fourth-order valence-electron chi connectivity index (χ4n) is 3.63. The summed E-state index contributed by atoms with van der Waals surface area (Å²) in [6.45, 7) is 3.97. The predicted molar refractivity (Wildman–Crippen MR) is 106 cm³/mol. The van der Waals surface area contributed by atoms with Crippen LogP contribution in [-0.4, -0.2) is 27.5 Å². The first kappa shape index (κ1) is 19.0. The zero-order valence-corrected chi connectivity index (χ0v) is 16.2. The van der Waals surface area contributed by atoms with Gasteiger partial charge in [0.1, 0.15) is 17.5 Å². The van der Waals surface area contributed by atoms with E-state index in [1.807, 2.05) is 13.8 Å². The first-order chi connectivity index (χ1) is 14.0. The second-order valence-electron chi connectivity index (χ2n) is 7.23. The number of anilines is 1. The van der Waals surface area contributed by atoms with Crippen molar-refractivity contribution in [3.63, 3.8) is 0 Å². The molecule has 2 aromatic heterocycles. The number of ether oxygens (including phenoxy) is 1. The SMILES string of the molecule is Cc1ncc(OC[C@@H]2C[C@@]2(C(=O)Nc2ccccn2)c2cccc(F)c2)c(C)n1. The van der Waals surface area contributed by atoms with Gasteiger partial charge in [-0.1, -0.05) is 18.2 Å². The molecular formula is C22H21FN4O2. The predicted octanol–water partition coefficient (Wildman–Crippen LogP) is 3.60. The number of aryl methyl sites for hydroxylation is 2. The van der Waals surface area contributed by atoms with Crippen LogP contribution in [0, 0.1) is 25.6 Å². The van der Waals surface area contributed by atoms with E-state index < -0.39 is 5.41 Å². The topological polar surface area (TPSA) is 77.0 Å². The number of nitrogens with zero attached hydrogens (tertiary/aromatic N) is 3. The molecule has 6 nitrogen and oxygen atoms in total. The lowest BCUT2D eigenvalue weighted by Crippen LogP contribution is -2.31. The van der Waals surface area contributed by atoms with E-state index in [9.17, 15) is 9.18 Å². The first-order valence-corrected chi connectivity index (χ1v) is 9.40. The van der Waals surface area contributed by atoms with Crippen LogP contribution in [0.5, 0.6) is 5.75 Å². The van der Waals surface area contributed by atoms with Crippen LogP contribution in [-0.2, 0) is 10.2 Å². The molecule has 1 saturated carbocycles. The third-order valence-electron chi connectivity index (χ3n) is 5.25. The molecule has 3 aromatic rings. The Balaban J connectivity index is 1.56. The lowest BCUT2D eigenvalue weighted by atomic mass is 9.92. The van der Waals surface area contributed by atoms with Crippen molar-refractivity contribution >= 4 is 11.7 Å².